The van der Waals surface area contributed by atoms with Crippen LogP contribution in [0.5, 0.6) is 0 Å². The molecule has 1 aromatic carbocycles. The van der Waals surface area contributed by atoms with Gasteiger partial charge in [-0.2, -0.15) is 0 Å². The minimum Gasteiger partial charge on any atom is -0.299 e. The summed E-state index contributed by atoms with van der Waals surface area (Å²) < 4.78 is 0. The monoisotopic (exact) mass is 320 g/mol. The van der Waals surface area contributed by atoms with E-state index in [2.05, 4.69) is 41.1 Å². The van der Waals surface area contributed by atoms with E-state index in [1.807, 2.05) is 5.38 Å². The van der Waals surface area contributed by atoms with Gasteiger partial charge in [-0.15, -0.1) is 22.9 Å². The van der Waals surface area contributed by atoms with Crippen molar-refractivity contribution in [3.8, 4) is 10.6 Å². The lowest BCUT2D eigenvalue weighted by Crippen LogP contribution is -2.19. The molecule has 1 unspecified atom stereocenters. The topological polar surface area (TPSA) is 16.1 Å². The maximum Gasteiger partial charge on any atom is 0.123 e. The van der Waals surface area contributed by atoms with Crippen LogP contribution in [0.3, 0.4) is 0 Å². The lowest BCUT2D eigenvalue weighted by molar-refractivity contribution is 0.315. The van der Waals surface area contributed by atoms with E-state index in [4.69, 9.17) is 11.6 Å². The van der Waals surface area contributed by atoms with Crippen LogP contribution < -0.4 is 0 Å². The molecule has 3 rings (SSSR count). The molecule has 1 saturated heterocycles. The molecule has 0 spiro atoms. The van der Waals surface area contributed by atoms with E-state index in [-0.39, 0.29) is 0 Å². The van der Waals surface area contributed by atoms with Gasteiger partial charge in [-0.1, -0.05) is 37.6 Å². The van der Waals surface area contributed by atoms with Gasteiger partial charge in [0.25, 0.3) is 0 Å². The fraction of sp³-hybridized carbons (Fsp3) is 0.471. The maximum absolute atomic E-state index is 5.81. The fourth-order valence-corrected chi connectivity index (χ4v) is 3.96. The first-order valence-corrected chi connectivity index (χ1v) is 9.02. The largest absolute Gasteiger partial charge is 0.299 e. The van der Waals surface area contributed by atoms with E-state index >= 15 is 0 Å². The van der Waals surface area contributed by atoms with Crippen LogP contribution in [0.1, 0.15) is 31.0 Å². The number of likely N-dealkylation sites (tertiary alicyclic amines) is 1. The van der Waals surface area contributed by atoms with Crippen molar-refractivity contribution in [3.05, 3.63) is 40.9 Å². The standard InChI is InChI=1S/C17H21ClN2S/c1-2-13-7-8-20(10-13)11-14-3-5-15(6-4-14)17-19-16(9-18)12-21-17/h3-6,12-13H,2,7-11H2,1H3. The number of thiazole rings is 1. The lowest BCUT2D eigenvalue weighted by Gasteiger charge is -2.15. The molecular weight excluding hydrogens is 300 g/mol. The number of alkyl halides is 1. The minimum absolute atomic E-state index is 0.488. The number of nitrogens with zero attached hydrogens (tertiary/aromatic N) is 2. The second-order valence-electron chi connectivity index (χ2n) is 5.77. The van der Waals surface area contributed by atoms with E-state index in [0.29, 0.717) is 5.88 Å². The maximum atomic E-state index is 5.81. The Bertz CT molecular complexity index is 579. The Balaban J connectivity index is 1.64. The molecule has 0 saturated carbocycles. The molecular formula is C17H21ClN2S. The predicted molar refractivity (Wildman–Crippen MR) is 90.8 cm³/mol. The molecule has 112 valence electrons. The summed E-state index contributed by atoms with van der Waals surface area (Å²) in [5.41, 5.74) is 3.54. The first kappa shape index (κ1) is 15.0. The Kier molecular flexibility index (Phi) is 4.94. The lowest BCUT2D eigenvalue weighted by atomic mass is 10.1. The van der Waals surface area contributed by atoms with Crippen LogP contribution in [0.4, 0.5) is 0 Å². The van der Waals surface area contributed by atoms with Gasteiger partial charge < -0.3 is 0 Å². The second-order valence-corrected chi connectivity index (χ2v) is 6.90. The van der Waals surface area contributed by atoms with Crippen LogP contribution in [0.15, 0.2) is 29.6 Å². The molecule has 2 nitrogen and oxygen atoms in total. The highest BCUT2D eigenvalue weighted by atomic mass is 35.5. The third-order valence-corrected chi connectivity index (χ3v) is 5.46. The highest BCUT2D eigenvalue weighted by molar-refractivity contribution is 7.13. The van der Waals surface area contributed by atoms with Crippen LogP contribution >= 0.6 is 22.9 Å². The summed E-state index contributed by atoms with van der Waals surface area (Å²) in [6, 6.07) is 8.83. The fourth-order valence-electron chi connectivity index (χ4n) is 2.90. The smallest absolute Gasteiger partial charge is 0.123 e. The van der Waals surface area contributed by atoms with Gasteiger partial charge in [-0.05, 0) is 24.4 Å². The van der Waals surface area contributed by atoms with E-state index in [9.17, 15) is 0 Å². The molecule has 1 atom stereocenters. The first-order chi connectivity index (χ1) is 10.3. The molecule has 1 aliphatic heterocycles. The van der Waals surface area contributed by atoms with E-state index in [1.165, 1.54) is 37.1 Å². The van der Waals surface area contributed by atoms with Gasteiger partial charge in [0.2, 0.25) is 0 Å². The molecule has 0 bridgehead atoms. The zero-order valence-corrected chi connectivity index (χ0v) is 14.0. The number of halogens is 1. The van der Waals surface area contributed by atoms with Gasteiger partial charge in [0, 0.05) is 24.0 Å². The van der Waals surface area contributed by atoms with Crippen molar-refractivity contribution in [2.45, 2.75) is 32.2 Å². The summed E-state index contributed by atoms with van der Waals surface area (Å²) in [4.78, 5) is 7.10. The Morgan fingerprint density at radius 2 is 2.14 bits per heavy atom. The number of hydrogen-bond acceptors (Lipinski definition) is 3. The third-order valence-electron chi connectivity index (χ3n) is 4.24. The summed E-state index contributed by atoms with van der Waals surface area (Å²) >= 11 is 7.47. The Morgan fingerprint density at radius 1 is 1.33 bits per heavy atom. The average Bonchev–Trinajstić information content (AvgIpc) is 3.17. The van der Waals surface area contributed by atoms with Crippen molar-refractivity contribution in [2.24, 2.45) is 5.92 Å². The Morgan fingerprint density at radius 3 is 2.76 bits per heavy atom. The molecule has 0 N–H and O–H groups in total. The summed E-state index contributed by atoms with van der Waals surface area (Å²) in [6.45, 7) is 5.86. The summed E-state index contributed by atoms with van der Waals surface area (Å²) in [5, 5.41) is 3.09. The summed E-state index contributed by atoms with van der Waals surface area (Å²) in [6.07, 6.45) is 2.66. The number of rotatable bonds is 5. The van der Waals surface area contributed by atoms with Gasteiger partial charge in [-0.25, -0.2) is 4.98 Å². The van der Waals surface area contributed by atoms with E-state index < -0.39 is 0 Å². The zero-order valence-electron chi connectivity index (χ0n) is 12.4. The Labute approximate surface area is 135 Å². The quantitative estimate of drug-likeness (QED) is 0.737. The molecule has 0 aliphatic carbocycles. The van der Waals surface area contributed by atoms with Crippen molar-refractivity contribution in [1.82, 2.24) is 9.88 Å². The molecule has 1 aromatic heterocycles. The molecule has 1 fully saturated rings. The van der Waals surface area contributed by atoms with Gasteiger partial charge >= 0.3 is 0 Å². The predicted octanol–water partition coefficient (Wildman–Crippen LogP) is 4.78. The van der Waals surface area contributed by atoms with Crippen molar-refractivity contribution in [3.63, 3.8) is 0 Å². The Hall–Kier alpha value is -0.900. The van der Waals surface area contributed by atoms with Crippen molar-refractivity contribution >= 4 is 22.9 Å². The normalized spacial score (nSPS) is 19.2. The summed E-state index contributed by atoms with van der Waals surface area (Å²) in [5.74, 6) is 1.39. The van der Waals surface area contributed by atoms with Gasteiger partial charge in [0.1, 0.15) is 5.01 Å². The SMILES string of the molecule is CCC1CCN(Cc2ccc(-c3nc(CCl)cs3)cc2)C1. The zero-order chi connectivity index (χ0) is 14.7. The molecule has 4 heteroatoms. The molecule has 0 amide bonds. The molecule has 2 aromatic rings. The van der Waals surface area contributed by atoms with Crippen LogP contribution in [0.2, 0.25) is 0 Å². The highest BCUT2D eigenvalue weighted by Gasteiger charge is 2.20. The highest BCUT2D eigenvalue weighted by Crippen LogP contribution is 2.26. The number of benzene rings is 1. The third kappa shape index (κ3) is 3.65. The average molecular weight is 321 g/mol. The molecule has 0 radical (unpaired) electrons. The summed E-state index contributed by atoms with van der Waals surface area (Å²) in [7, 11) is 0. The van der Waals surface area contributed by atoms with Crippen LogP contribution in [0, 0.1) is 5.92 Å². The molecule has 2 heterocycles. The molecule has 21 heavy (non-hydrogen) atoms. The van der Waals surface area contributed by atoms with E-state index in [0.717, 1.165) is 23.2 Å². The van der Waals surface area contributed by atoms with Crippen LogP contribution in [-0.4, -0.2) is 23.0 Å². The second kappa shape index (κ2) is 6.91. The van der Waals surface area contributed by atoms with Crippen molar-refractivity contribution in [2.75, 3.05) is 13.1 Å². The number of aromatic nitrogens is 1. The van der Waals surface area contributed by atoms with Gasteiger partial charge in [0.15, 0.2) is 0 Å². The van der Waals surface area contributed by atoms with Crippen molar-refractivity contribution < 1.29 is 0 Å². The minimum atomic E-state index is 0.488. The number of hydrogen-bond donors (Lipinski definition) is 0. The van der Waals surface area contributed by atoms with Gasteiger partial charge in [0.05, 0.1) is 11.6 Å². The van der Waals surface area contributed by atoms with Crippen molar-refractivity contribution in [1.29, 1.82) is 0 Å². The van der Waals surface area contributed by atoms with Crippen LogP contribution in [-0.2, 0) is 12.4 Å². The van der Waals surface area contributed by atoms with E-state index in [1.54, 1.807) is 11.3 Å². The van der Waals surface area contributed by atoms with Crippen LogP contribution in [0.25, 0.3) is 10.6 Å². The molecule has 1 aliphatic rings. The first-order valence-electron chi connectivity index (χ1n) is 7.60. The van der Waals surface area contributed by atoms with Gasteiger partial charge in [-0.3, -0.25) is 4.90 Å².